The van der Waals surface area contributed by atoms with Crippen molar-refractivity contribution in [3.05, 3.63) is 29.8 Å². The van der Waals surface area contributed by atoms with Gasteiger partial charge in [-0.2, -0.15) is 0 Å². The summed E-state index contributed by atoms with van der Waals surface area (Å²) in [5.41, 5.74) is 0. The highest BCUT2D eigenvalue weighted by molar-refractivity contribution is 5.25. The van der Waals surface area contributed by atoms with Crippen molar-refractivity contribution in [1.82, 2.24) is 5.32 Å². The monoisotopic (exact) mass is 229 g/mol. The van der Waals surface area contributed by atoms with Crippen molar-refractivity contribution < 1.29 is 13.5 Å². The van der Waals surface area contributed by atoms with Gasteiger partial charge in [0.1, 0.15) is 0 Å². The Morgan fingerprint density at radius 2 is 1.88 bits per heavy atom. The summed E-state index contributed by atoms with van der Waals surface area (Å²) in [6.45, 7) is 4.14. The average molecular weight is 229 g/mol. The molecule has 0 amide bonds. The molecule has 0 aliphatic rings. The summed E-state index contributed by atoms with van der Waals surface area (Å²) < 4.78 is 31.3. The number of para-hydroxylation sites is 1. The largest absolute Gasteiger partial charge is 0.488 e. The van der Waals surface area contributed by atoms with Gasteiger partial charge in [-0.3, -0.25) is 0 Å². The number of hydrogen-bond acceptors (Lipinski definition) is 2. The summed E-state index contributed by atoms with van der Waals surface area (Å²) in [4.78, 5) is 0. The first-order chi connectivity index (χ1) is 7.75. The van der Waals surface area contributed by atoms with E-state index < -0.39 is 11.6 Å². The molecule has 0 atom stereocenters. The molecule has 0 radical (unpaired) electrons. The van der Waals surface area contributed by atoms with Crippen molar-refractivity contribution in [1.29, 1.82) is 0 Å². The first-order valence-electron chi connectivity index (χ1n) is 5.53. The van der Waals surface area contributed by atoms with Gasteiger partial charge in [-0.25, -0.2) is 8.78 Å². The van der Waals surface area contributed by atoms with Crippen LogP contribution < -0.4 is 10.1 Å². The third-order valence-corrected chi connectivity index (χ3v) is 2.09. The Hall–Kier alpha value is -1.16. The predicted octanol–water partition coefficient (Wildman–Crippen LogP) is 2.73. The smallest absolute Gasteiger partial charge is 0.190 e. The van der Waals surface area contributed by atoms with Gasteiger partial charge in [0.25, 0.3) is 0 Å². The van der Waals surface area contributed by atoms with Crippen molar-refractivity contribution in [2.45, 2.75) is 19.8 Å². The minimum atomic E-state index is -0.651. The van der Waals surface area contributed by atoms with Crippen molar-refractivity contribution >= 4 is 0 Å². The fourth-order valence-corrected chi connectivity index (χ4v) is 1.29. The topological polar surface area (TPSA) is 21.3 Å². The van der Waals surface area contributed by atoms with E-state index in [0.717, 1.165) is 25.9 Å². The maximum absolute atomic E-state index is 13.1. The number of ether oxygens (including phenoxy) is 1. The molecule has 0 fully saturated rings. The predicted molar refractivity (Wildman–Crippen MR) is 59.6 cm³/mol. The summed E-state index contributed by atoms with van der Waals surface area (Å²) in [5.74, 6) is -1.58. The first kappa shape index (κ1) is 12.9. The number of halogens is 2. The molecule has 1 aromatic carbocycles. The quantitative estimate of drug-likeness (QED) is 0.726. The van der Waals surface area contributed by atoms with E-state index in [9.17, 15) is 8.78 Å². The Morgan fingerprint density at radius 1 is 1.19 bits per heavy atom. The Labute approximate surface area is 94.6 Å². The molecule has 0 aliphatic carbocycles. The van der Waals surface area contributed by atoms with Gasteiger partial charge >= 0.3 is 0 Å². The highest BCUT2D eigenvalue weighted by Crippen LogP contribution is 2.20. The van der Waals surface area contributed by atoms with Gasteiger partial charge in [-0.15, -0.1) is 0 Å². The normalized spacial score (nSPS) is 10.4. The Balaban J connectivity index is 2.26. The van der Waals surface area contributed by atoms with Crippen LogP contribution in [0.4, 0.5) is 8.78 Å². The lowest BCUT2D eigenvalue weighted by molar-refractivity contribution is 0.278. The number of rotatable bonds is 7. The van der Waals surface area contributed by atoms with Gasteiger partial charge in [-0.1, -0.05) is 13.0 Å². The molecule has 1 aromatic rings. The molecular formula is C12H17F2NO. The summed E-state index contributed by atoms with van der Waals surface area (Å²) in [7, 11) is 0. The summed E-state index contributed by atoms with van der Waals surface area (Å²) in [6.07, 6.45) is 1.80. The second-order valence-electron chi connectivity index (χ2n) is 3.50. The minimum absolute atomic E-state index is 0.280. The van der Waals surface area contributed by atoms with Crippen molar-refractivity contribution in [2.75, 3.05) is 19.7 Å². The summed E-state index contributed by atoms with van der Waals surface area (Å²) in [6, 6.07) is 3.70. The highest BCUT2D eigenvalue weighted by atomic mass is 19.1. The fraction of sp³-hybridized carbons (Fsp3) is 0.500. The molecule has 1 N–H and O–H groups in total. The number of hydrogen-bond donors (Lipinski definition) is 1. The van der Waals surface area contributed by atoms with Gasteiger partial charge in [0.15, 0.2) is 17.4 Å². The number of nitrogens with one attached hydrogen (secondary N) is 1. The average Bonchev–Trinajstić information content (AvgIpc) is 2.26. The van der Waals surface area contributed by atoms with Gasteiger partial charge in [-0.05, 0) is 38.1 Å². The van der Waals surface area contributed by atoms with E-state index in [2.05, 4.69) is 12.2 Å². The molecule has 0 aromatic heterocycles. The zero-order valence-electron chi connectivity index (χ0n) is 9.43. The lowest BCUT2D eigenvalue weighted by Gasteiger charge is -2.08. The molecule has 0 saturated carbocycles. The van der Waals surface area contributed by atoms with E-state index in [-0.39, 0.29) is 5.75 Å². The van der Waals surface area contributed by atoms with Crippen LogP contribution in [-0.2, 0) is 0 Å². The SMILES string of the molecule is CCCNCCCOc1c(F)cccc1F. The third kappa shape index (κ3) is 4.14. The molecule has 16 heavy (non-hydrogen) atoms. The highest BCUT2D eigenvalue weighted by Gasteiger charge is 2.08. The molecular weight excluding hydrogens is 212 g/mol. The van der Waals surface area contributed by atoms with Crippen LogP contribution in [0.1, 0.15) is 19.8 Å². The molecule has 4 heteroatoms. The van der Waals surface area contributed by atoms with Crippen LogP contribution >= 0.6 is 0 Å². The van der Waals surface area contributed by atoms with E-state index in [0.29, 0.717) is 6.61 Å². The lowest BCUT2D eigenvalue weighted by Crippen LogP contribution is -2.18. The van der Waals surface area contributed by atoms with E-state index >= 15 is 0 Å². The maximum atomic E-state index is 13.1. The molecule has 0 aliphatic heterocycles. The molecule has 0 heterocycles. The molecule has 0 unspecified atom stereocenters. The summed E-state index contributed by atoms with van der Waals surface area (Å²) >= 11 is 0. The van der Waals surface area contributed by atoms with Gasteiger partial charge in [0.05, 0.1) is 6.61 Å². The Morgan fingerprint density at radius 3 is 2.50 bits per heavy atom. The lowest BCUT2D eigenvalue weighted by atomic mass is 10.3. The second-order valence-corrected chi connectivity index (χ2v) is 3.50. The first-order valence-corrected chi connectivity index (χ1v) is 5.53. The molecule has 0 saturated heterocycles. The van der Waals surface area contributed by atoms with Crippen LogP contribution in [0.5, 0.6) is 5.75 Å². The van der Waals surface area contributed by atoms with Gasteiger partial charge in [0, 0.05) is 0 Å². The molecule has 90 valence electrons. The maximum Gasteiger partial charge on any atom is 0.190 e. The van der Waals surface area contributed by atoms with E-state index in [1.165, 1.54) is 18.2 Å². The van der Waals surface area contributed by atoms with Crippen molar-refractivity contribution in [3.8, 4) is 5.75 Å². The van der Waals surface area contributed by atoms with Crippen LogP contribution in [0.15, 0.2) is 18.2 Å². The van der Waals surface area contributed by atoms with E-state index in [1.54, 1.807) is 0 Å². The molecule has 0 spiro atoms. The zero-order valence-corrected chi connectivity index (χ0v) is 9.43. The zero-order chi connectivity index (χ0) is 11.8. The molecule has 0 bridgehead atoms. The van der Waals surface area contributed by atoms with E-state index in [1.807, 2.05) is 0 Å². The van der Waals surface area contributed by atoms with Crippen LogP contribution in [0.2, 0.25) is 0 Å². The minimum Gasteiger partial charge on any atom is -0.488 e. The number of benzene rings is 1. The fourth-order valence-electron chi connectivity index (χ4n) is 1.29. The van der Waals surface area contributed by atoms with Gasteiger partial charge in [0.2, 0.25) is 0 Å². The molecule has 2 nitrogen and oxygen atoms in total. The molecule has 1 rings (SSSR count). The van der Waals surface area contributed by atoms with Gasteiger partial charge < -0.3 is 10.1 Å². The third-order valence-electron chi connectivity index (χ3n) is 2.09. The van der Waals surface area contributed by atoms with Crippen LogP contribution in [-0.4, -0.2) is 19.7 Å². The standard InChI is InChI=1S/C12H17F2NO/c1-2-7-15-8-4-9-16-12-10(13)5-3-6-11(12)14/h3,5-6,15H,2,4,7-9H2,1H3. The van der Waals surface area contributed by atoms with E-state index in [4.69, 9.17) is 4.74 Å². The van der Waals surface area contributed by atoms with Crippen LogP contribution in [0.3, 0.4) is 0 Å². The van der Waals surface area contributed by atoms with Crippen molar-refractivity contribution in [3.63, 3.8) is 0 Å². The Bertz CT molecular complexity index is 298. The van der Waals surface area contributed by atoms with Crippen LogP contribution in [0, 0.1) is 11.6 Å². The van der Waals surface area contributed by atoms with Crippen molar-refractivity contribution in [2.24, 2.45) is 0 Å². The summed E-state index contributed by atoms with van der Waals surface area (Å²) in [5, 5.41) is 3.18. The Kier molecular flexibility index (Phi) is 5.78. The second kappa shape index (κ2) is 7.17. The van der Waals surface area contributed by atoms with Crippen LogP contribution in [0.25, 0.3) is 0 Å².